The Morgan fingerprint density at radius 2 is 1.64 bits per heavy atom. The molecule has 0 fully saturated rings. The van der Waals surface area contributed by atoms with Gasteiger partial charge in [-0.1, -0.05) is 36.4 Å². The van der Waals surface area contributed by atoms with Crippen molar-refractivity contribution in [1.29, 1.82) is 0 Å². The van der Waals surface area contributed by atoms with Gasteiger partial charge in [0.15, 0.2) is 11.5 Å². The largest absolute Gasteiger partial charge is 0.486 e. The molecular formula is C21H16N2O2. The molecule has 5 rings (SSSR count). The quantitative estimate of drug-likeness (QED) is 0.582. The maximum absolute atomic E-state index is 5.70. The Kier molecular flexibility index (Phi) is 3.20. The van der Waals surface area contributed by atoms with Crippen molar-refractivity contribution >= 4 is 11.0 Å². The maximum atomic E-state index is 5.70. The molecule has 0 saturated carbocycles. The van der Waals surface area contributed by atoms with Gasteiger partial charge in [-0.25, -0.2) is 4.98 Å². The van der Waals surface area contributed by atoms with Crippen LogP contribution in [0.3, 0.4) is 0 Å². The van der Waals surface area contributed by atoms with Crippen molar-refractivity contribution in [1.82, 2.24) is 9.97 Å². The fourth-order valence-electron chi connectivity index (χ4n) is 3.24. The standard InChI is InChI=1S/C21H16N2O2/c1-2-4-14(5-3-1)18-13-23-21-17(18)10-16(12-22-21)15-6-7-19-20(11-15)25-9-8-24-19/h1-7,10-13H,8-9H2,(H,22,23). The summed E-state index contributed by atoms with van der Waals surface area (Å²) in [4.78, 5) is 7.85. The number of pyridine rings is 1. The van der Waals surface area contributed by atoms with Gasteiger partial charge in [0.05, 0.1) is 0 Å². The first-order chi connectivity index (χ1) is 12.4. The van der Waals surface area contributed by atoms with Crippen LogP contribution in [0.5, 0.6) is 11.5 Å². The van der Waals surface area contributed by atoms with Gasteiger partial charge in [0, 0.05) is 28.9 Å². The van der Waals surface area contributed by atoms with E-state index in [1.54, 1.807) is 0 Å². The molecule has 0 radical (unpaired) electrons. The Labute approximate surface area is 145 Å². The van der Waals surface area contributed by atoms with Crippen LogP contribution >= 0.6 is 0 Å². The average molecular weight is 328 g/mol. The Morgan fingerprint density at radius 3 is 2.52 bits per heavy atom. The normalized spacial score (nSPS) is 13.1. The third-order valence-electron chi connectivity index (χ3n) is 4.49. The molecule has 0 aliphatic carbocycles. The minimum absolute atomic E-state index is 0.587. The molecule has 2 aromatic carbocycles. The summed E-state index contributed by atoms with van der Waals surface area (Å²) in [7, 11) is 0. The summed E-state index contributed by atoms with van der Waals surface area (Å²) in [5, 5.41) is 1.11. The molecule has 3 heterocycles. The van der Waals surface area contributed by atoms with E-state index in [2.05, 4.69) is 28.2 Å². The van der Waals surface area contributed by atoms with E-state index in [1.807, 2.05) is 48.8 Å². The van der Waals surface area contributed by atoms with Crippen molar-refractivity contribution < 1.29 is 9.47 Å². The van der Waals surface area contributed by atoms with Crippen molar-refractivity contribution in [3.63, 3.8) is 0 Å². The maximum Gasteiger partial charge on any atom is 0.161 e. The Hall–Kier alpha value is -3.27. The van der Waals surface area contributed by atoms with Gasteiger partial charge in [-0.3, -0.25) is 0 Å². The van der Waals surface area contributed by atoms with Crippen LogP contribution in [0.2, 0.25) is 0 Å². The van der Waals surface area contributed by atoms with Gasteiger partial charge >= 0.3 is 0 Å². The number of nitrogens with one attached hydrogen (secondary N) is 1. The first kappa shape index (κ1) is 14.1. The molecule has 0 saturated heterocycles. The molecular weight excluding hydrogens is 312 g/mol. The van der Waals surface area contributed by atoms with Gasteiger partial charge in [0.1, 0.15) is 18.9 Å². The second-order valence-electron chi connectivity index (χ2n) is 6.05. The van der Waals surface area contributed by atoms with E-state index in [-0.39, 0.29) is 0 Å². The molecule has 0 unspecified atom stereocenters. The molecule has 25 heavy (non-hydrogen) atoms. The van der Waals surface area contributed by atoms with Gasteiger partial charge in [-0.15, -0.1) is 0 Å². The number of H-pyrrole nitrogens is 1. The summed E-state index contributed by atoms with van der Waals surface area (Å²) < 4.78 is 11.3. The fraction of sp³-hybridized carbons (Fsp3) is 0.0952. The topological polar surface area (TPSA) is 47.1 Å². The van der Waals surface area contributed by atoms with Gasteiger partial charge in [-0.2, -0.15) is 0 Å². The second kappa shape index (κ2) is 5.67. The van der Waals surface area contributed by atoms with Crippen LogP contribution < -0.4 is 9.47 Å². The number of aromatic amines is 1. The van der Waals surface area contributed by atoms with Crippen molar-refractivity contribution in [3.8, 4) is 33.8 Å². The SMILES string of the molecule is c1ccc(-c2c[nH]c3ncc(-c4ccc5c(c4)OCCO5)cc23)cc1. The predicted molar refractivity (Wildman–Crippen MR) is 98.0 cm³/mol. The molecule has 1 aliphatic rings. The number of hydrogen-bond donors (Lipinski definition) is 1. The van der Waals surface area contributed by atoms with E-state index in [1.165, 1.54) is 5.56 Å². The lowest BCUT2D eigenvalue weighted by Crippen LogP contribution is -2.15. The molecule has 2 aromatic heterocycles. The Morgan fingerprint density at radius 1 is 0.800 bits per heavy atom. The van der Waals surface area contributed by atoms with Crippen LogP contribution in [-0.2, 0) is 0 Å². The zero-order valence-corrected chi connectivity index (χ0v) is 13.5. The van der Waals surface area contributed by atoms with Crippen molar-refractivity contribution in [3.05, 3.63) is 67.0 Å². The van der Waals surface area contributed by atoms with E-state index in [0.717, 1.165) is 39.2 Å². The molecule has 0 spiro atoms. The summed E-state index contributed by atoms with van der Waals surface area (Å²) in [6.07, 6.45) is 3.90. The smallest absolute Gasteiger partial charge is 0.161 e. The monoisotopic (exact) mass is 328 g/mol. The second-order valence-corrected chi connectivity index (χ2v) is 6.05. The predicted octanol–water partition coefficient (Wildman–Crippen LogP) is 4.67. The summed E-state index contributed by atoms with van der Waals surface area (Å²) in [6.45, 7) is 1.19. The molecule has 4 heteroatoms. The van der Waals surface area contributed by atoms with Crippen molar-refractivity contribution in [2.45, 2.75) is 0 Å². The number of nitrogens with zero attached hydrogens (tertiary/aromatic N) is 1. The zero-order valence-electron chi connectivity index (χ0n) is 13.5. The van der Waals surface area contributed by atoms with Crippen LogP contribution in [0, 0.1) is 0 Å². The number of benzene rings is 2. The minimum atomic E-state index is 0.587. The highest BCUT2D eigenvalue weighted by Gasteiger charge is 2.14. The van der Waals surface area contributed by atoms with Crippen LogP contribution in [0.1, 0.15) is 0 Å². The number of ether oxygens (including phenoxy) is 2. The minimum Gasteiger partial charge on any atom is -0.486 e. The first-order valence-corrected chi connectivity index (χ1v) is 8.31. The molecule has 1 aliphatic heterocycles. The summed E-state index contributed by atoms with van der Waals surface area (Å²) in [6, 6.07) is 18.5. The average Bonchev–Trinajstić information content (AvgIpc) is 3.11. The lowest BCUT2D eigenvalue weighted by atomic mass is 10.0. The fourth-order valence-corrected chi connectivity index (χ4v) is 3.24. The Bertz CT molecular complexity index is 1050. The van der Waals surface area contributed by atoms with Crippen LogP contribution in [0.25, 0.3) is 33.3 Å². The van der Waals surface area contributed by atoms with Gasteiger partial charge in [0.2, 0.25) is 0 Å². The van der Waals surface area contributed by atoms with Crippen LogP contribution in [-0.4, -0.2) is 23.2 Å². The highest BCUT2D eigenvalue weighted by atomic mass is 16.6. The van der Waals surface area contributed by atoms with E-state index in [0.29, 0.717) is 13.2 Å². The summed E-state index contributed by atoms with van der Waals surface area (Å²) >= 11 is 0. The molecule has 0 amide bonds. The third-order valence-corrected chi connectivity index (χ3v) is 4.49. The third kappa shape index (κ3) is 2.43. The van der Waals surface area contributed by atoms with Crippen LogP contribution in [0.15, 0.2) is 67.0 Å². The molecule has 4 nitrogen and oxygen atoms in total. The van der Waals surface area contributed by atoms with Crippen LogP contribution in [0.4, 0.5) is 0 Å². The highest BCUT2D eigenvalue weighted by Crippen LogP contribution is 2.36. The van der Waals surface area contributed by atoms with Gasteiger partial charge < -0.3 is 14.5 Å². The van der Waals surface area contributed by atoms with E-state index < -0.39 is 0 Å². The number of aromatic nitrogens is 2. The van der Waals surface area contributed by atoms with E-state index in [9.17, 15) is 0 Å². The molecule has 1 N–H and O–H groups in total. The van der Waals surface area contributed by atoms with Gasteiger partial charge in [-0.05, 0) is 29.3 Å². The molecule has 4 aromatic rings. The van der Waals surface area contributed by atoms with Gasteiger partial charge in [0.25, 0.3) is 0 Å². The number of hydrogen-bond acceptors (Lipinski definition) is 3. The number of rotatable bonds is 2. The highest BCUT2D eigenvalue weighted by molar-refractivity contribution is 5.95. The number of fused-ring (bicyclic) bond motifs is 2. The lowest BCUT2D eigenvalue weighted by molar-refractivity contribution is 0.171. The van der Waals surface area contributed by atoms with E-state index >= 15 is 0 Å². The Balaban J connectivity index is 1.63. The molecule has 0 atom stereocenters. The van der Waals surface area contributed by atoms with E-state index in [4.69, 9.17) is 9.47 Å². The lowest BCUT2D eigenvalue weighted by Gasteiger charge is -2.18. The zero-order chi connectivity index (χ0) is 16.6. The first-order valence-electron chi connectivity index (χ1n) is 8.31. The summed E-state index contributed by atoms with van der Waals surface area (Å²) in [5.74, 6) is 1.59. The molecule has 0 bridgehead atoms. The molecule has 122 valence electrons. The summed E-state index contributed by atoms with van der Waals surface area (Å²) in [5.41, 5.74) is 5.35. The van der Waals surface area contributed by atoms with Crippen molar-refractivity contribution in [2.75, 3.05) is 13.2 Å². The van der Waals surface area contributed by atoms with Crippen molar-refractivity contribution in [2.24, 2.45) is 0 Å².